The minimum Gasteiger partial charge on any atom is -0.449 e. The number of benzene rings is 2. The highest BCUT2D eigenvalue weighted by molar-refractivity contribution is 5.98. The van der Waals surface area contributed by atoms with Gasteiger partial charge in [0.2, 0.25) is 5.76 Å². The zero-order valence-corrected chi connectivity index (χ0v) is 16.1. The Kier molecular flexibility index (Phi) is 5.59. The molecule has 3 rings (SSSR count). The molecule has 7 heteroatoms. The molecule has 1 aromatic heterocycles. The van der Waals surface area contributed by atoms with Crippen LogP contribution in [0.25, 0.3) is 11.0 Å². The van der Waals surface area contributed by atoms with Gasteiger partial charge in [-0.15, -0.1) is 0 Å². The number of esters is 1. The van der Waals surface area contributed by atoms with Crippen LogP contribution in [0.3, 0.4) is 0 Å². The van der Waals surface area contributed by atoms with Crippen LogP contribution in [0.5, 0.6) is 0 Å². The number of rotatable bonds is 5. The molecular weight excluding hydrogens is 374 g/mol. The van der Waals surface area contributed by atoms with E-state index in [4.69, 9.17) is 9.15 Å². The largest absolute Gasteiger partial charge is 0.449 e. The number of fused-ring (bicyclic) bond motifs is 1. The molecule has 1 heterocycles. The van der Waals surface area contributed by atoms with Crippen molar-refractivity contribution in [1.82, 2.24) is 0 Å². The number of hydrogen-bond acceptors (Lipinski definition) is 6. The van der Waals surface area contributed by atoms with Gasteiger partial charge in [0.05, 0.1) is 5.39 Å². The Bertz CT molecular complexity index is 1160. The van der Waals surface area contributed by atoms with E-state index in [0.29, 0.717) is 16.6 Å². The molecular formula is C22H19NO6. The molecule has 0 radical (unpaired) electrons. The fourth-order valence-corrected chi connectivity index (χ4v) is 2.68. The van der Waals surface area contributed by atoms with Gasteiger partial charge < -0.3 is 14.5 Å². The van der Waals surface area contributed by atoms with E-state index in [9.17, 15) is 19.2 Å². The third kappa shape index (κ3) is 4.57. The van der Waals surface area contributed by atoms with Crippen molar-refractivity contribution >= 4 is 34.3 Å². The Labute approximate surface area is 166 Å². The van der Waals surface area contributed by atoms with Crippen LogP contribution < -0.4 is 10.7 Å². The molecule has 1 atom stereocenters. The number of anilines is 1. The number of aryl methyl sites for hydroxylation is 1. The van der Waals surface area contributed by atoms with Crippen LogP contribution in [0.4, 0.5) is 5.69 Å². The maximum Gasteiger partial charge on any atom is 0.375 e. The maximum absolute atomic E-state index is 12.3. The summed E-state index contributed by atoms with van der Waals surface area (Å²) >= 11 is 0. The molecule has 7 nitrogen and oxygen atoms in total. The number of hydrogen-bond donors (Lipinski definition) is 1. The van der Waals surface area contributed by atoms with E-state index in [1.54, 1.807) is 42.5 Å². The van der Waals surface area contributed by atoms with Crippen LogP contribution in [0, 0.1) is 6.92 Å². The SMILES string of the molecule is CC(=O)c1ccc(NC(=O)[C@@H](C)OC(=O)c2cc(=O)c3cc(C)ccc3o2)cc1. The van der Waals surface area contributed by atoms with Gasteiger partial charge in [-0.3, -0.25) is 14.4 Å². The summed E-state index contributed by atoms with van der Waals surface area (Å²) in [6.07, 6.45) is -1.13. The van der Waals surface area contributed by atoms with E-state index >= 15 is 0 Å². The molecule has 0 aliphatic rings. The van der Waals surface area contributed by atoms with Crippen molar-refractivity contribution in [2.75, 3.05) is 5.32 Å². The molecule has 29 heavy (non-hydrogen) atoms. The standard InChI is InChI=1S/C22H19NO6/c1-12-4-9-19-17(10-12)18(25)11-20(29-19)22(27)28-14(3)21(26)23-16-7-5-15(6-8-16)13(2)24/h4-11,14H,1-3H3,(H,23,26)/t14-/m1/s1. The number of carbonyl (C=O) groups excluding carboxylic acids is 3. The quantitative estimate of drug-likeness (QED) is 0.526. The summed E-state index contributed by atoms with van der Waals surface area (Å²) in [6.45, 7) is 4.69. The fourth-order valence-electron chi connectivity index (χ4n) is 2.68. The highest BCUT2D eigenvalue weighted by Crippen LogP contribution is 2.16. The van der Waals surface area contributed by atoms with Gasteiger partial charge in [0.15, 0.2) is 17.3 Å². The third-order valence-electron chi connectivity index (χ3n) is 4.30. The molecule has 0 saturated heterocycles. The average molecular weight is 393 g/mol. The Balaban J connectivity index is 1.70. The summed E-state index contributed by atoms with van der Waals surface area (Å²) < 4.78 is 10.6. The highest BCUT2D eigenvalue weighted by Gasteiger charge is 2.21. The van der Waals surface area contributed by atoms with Gasteiger partial charge >= 0.3 is 5.97 Å². The molecule has 0 saturated carbocycles. The lowest BCUT2D eigenvalue weighted by molar-refractivity contribution is -0.123. The molecule has 0 aliphatic carbocycles. The number of nitrogens with one attached hydrogen (secondary N) is 1. The molecule has 1 N–H and O–H groups in total. The van der Waals surface area contributed by atoms with Crippen molar-refractivity contribution < 1.29 is 23.5 Å². The lowest BCUT2D eigenvalue weighted by Crippen LogP contribution is -2.30. The van der Waals surface area contributed by atoms with Crippen LogP contribution >= 0.6 is 0 Å². The zero-order valence-electron chi connectivity index (χ0n) is 16.1. The molecule has 0 unspecified atom stereocenters. The van der Waals surface area contributed by atoms with Crippen molar-refractivity contribution in [2.45, 2.75) is 26.9 Å². The summed E-state index contributed by atoms with van der Waals surface area (Å²) in [5.41, 5.74) is 1.75. The van der Waals surface area contributed by atoms with E-state index in [2.05, 4.69) is 5.32 Å². The predicted octanol–water partition coefficient (Wildman–Crippen LogP) is 3.49. The van der Waals surface area contributed by atoms with Gasteiger partial charge in [-0.05, 0) is 57.2 Å². The van der Waals surface area contributed by atoms with Crippen LogP contribution in [0.1, 0.15) is 40.3 Å². The second-order valence-corrected chi connectivity index (χ2v) is 6.64. The number of amides is 1. The summed E-state index contributed by atoms with van der Waals surface area (Å²) in [5.74, 6) is -1.85. The second-order valence-electron chi connectivity index (χ2n) is 6.64. The summed E-state index contributed by atoms with van der Waals surface area (Å²) in [5, 5.41) is 2.95. The second kappa shape index (κ2) is 8.10. The Morgan fingerprint density at radius 1 is 1.03 bits per heavy atom. The Morgan fingerprint density at radius 2 is 1.72 bits per heavy atom. The minimum absolute atomic E-state index is 0.0859. The Morgan fingerprint density at radius 3 is 2.38 bits per heavy atom. The molecule has 0 spiro atoms. The number of ketones is 1. The van der Waals surface area contributed by atoms with E-state index in [-0.39, 0.29) is 22.6 Å². The lowest BCUT2D eigenvalue weighted by atomic mass is 10.1. The number of Topliss-reactive ketones (excluding diaryl/α,β-unsaturated/α-hetero) is 1. The zero-order chi connectivity index (χ0) is 21.1. The molecule has 0 fully saturated rings. The van der Waals surface area contributed by atoms with Crippen LogP contribution in [-0.4, -0.2) is 23.8 Å². The van der Waals surface area contributed by atoms with E-state index < -0.39 is 18.0 Å². The molecule has 1 amide bonds. The first-order chi connectivity index (χ1) is 13.7. The Hall–Kier alpha value is -3.74. The predicted molar refractivity (Wildman–Crippen MR) is 107 cm³/mol. The summed E-state index contributed by atoms with van der Waals surface area (Å²) in [4.78, 5) is 48.1. The third-order valence-corrected chi connectivity index (χ3v) is 4.30. The van der Waals surface area contributed by atoms with Gasteiger partial charge in [0.1, 0.15) is 5.58 Å². The average Bonchev–Trinajstić information content (AvgIpc) is 2.68. The smallest absolute Gasteiger partial charge is 0.375 e. The van der Waals surface area contributed by atoms with Crippen molar-refractivity contribution in [3.63, 3.8) is 0 Å². The molecule has 0 bridgehead atoms. The highest BCUT2D eigenvalue weighted by atomic mass is 16.6. The summed E-state index contributed by atoms with van der Waals surface area (Å²) in [7, 11) is 0. The van der Waals surface area contributed by atoms with E-state index in [1.165, 1.54) is 13.8 Å². The molecule has 2 aromatic carbocycles. The van der Waals surface area contributed by atoms with Crippen molar-refractivity contribution in [2.24, 2.45) is 0 Å². The topological polar surface area (TPSA) is 103 Å². The van der Waals surface area contributed by atoms with Crippen molar-refractivity contribution in [3.05, 3.63) is 75.6 Å². The number of ether oxygens (including phenoxy) is 1. The van der Waals surface area contributed by atoms with Crippen LogP contribution in [0.2, 0.25) is 0 Å². The van der Waals surface area contributed by atoms with Gasteiger partial charge in [0, 0.05) is 17.3 Å². The van der Waals surface area contributed by atoms with Gasteiger partial charge in [-0.2, -0.15) is 0 Å². The molecule has 0 aliphatic heterocycles. The number of carbonyl (C=O) groups is 3. The lowest BCUT2D eigenvalue weighted by Gasteiger charge is -2.13. The normalized spacial score (nSPS) is 11.7. The fraction of sp³-hybridized carbons (Fsp3) is 0.182. The van der Waals surface area contributed by atoms with Crippen LogP contribution in [-0.2, 0) is 9.53 Å². The van der Waals surface area contributed by atoms with Gasteiger partial charge in [0.25, 0.3) is 5.91 Å². The first-order valence-electron chi connectivity index (χ1n) is 8.92. The molecule has 148 valence electrons. The minimum atomic E-state index is -1.13. The van der Waals surface area contributed by atoms with Crippen molar-refractivity contribution in [3.8, 4) is 0 Å². The van der Waals surface area contributed by atoms with Gasteiger partial charge in [-0.1, -0.05) is 11.6 Å². The maximum atomic E-state index is 12.3. The van der Waals surface area contributed by atoms with Crippen LogP contribution in [0.15, 0.2) is 57.7 Å². The summed E-state index contributed by atoms with van der Waals surface area (Å²) in [6, 6.07) is 12.4. The molecule has 3 aromatic rings. The first kappa shape index (κ1) is 20.0. The van der Waals surface area contributed by atoms with Crippen molar-refractivity contribution in [1.29, 1.82) is 0 Å². The van der Waals surface area contributed by atoms with E-state index in [1.807, 2.05) is 6.92 Å². The van der Waals surface area contributed by atoms with Gasteiger partial charge in [-0.25, -0.2) is 4.79 Å². The monoisotopic (exact) mass is 393 g/mol. The first-order valence-corrected chi connectivity index (χ1v) is 8.92. The van der Waals surface area contributed by atoms with E-state index in [0.717, 1.165) is 11.6 Å².